The first-order chi connectivity index (χ1) is 9.20. The zero-order chi connectivity index (χ0) is 13.2. The van der Waals surface area contributed by atoms with Gasteiger partial charge in [0, 0.05) is 17.2 Å². The van der Waals surface area contributed by atoms with Gasteiger partial charge in [0.05, 0.1) is 5.02 Å². The number of anilines is 1. The van der Waals surface area contributed by atoms with Crippen LogP contribution in [0.5, 0.6) is 0 Å². The summed E-state index contributed by atoms with van der Waals surface area (Å²) in [6.45, 7) is 0.671. The van der Waals surface area contributed by atoms with Crippen molar-refractivity contribution in [2.24, 2.45) is 0 Å². The van der Waals surface area contributed by atoms with Gasteiger partial charge in [0.2, 0.25) is 5.95 Å². The van der Waals surface area contributed by atoms with Crippen LogP contribution in [0, 0.1) is 0 Å². The number of nitrogens with one attached hydrogen (secondary N) is 1. The molecule has 0 amide bonds. The first-order valence-electron chi connectivity index (χ1n) is 5.71. The second-order valence-electron chi connectivity index (χ2n) is 4.07. The highest BCUT2D eigenvalue weighted by atomic mass is 79.9. The lowest BCUT2D eigenvalue weighted by Crippen LogP contribution is -2.01. The molecule has 1 aromatic carbocycles. The largest absolute Gasteiger partial charge is 0.349 e. The summed E-state index contributed by atoms with van der Waals surface area (Å²) in [5.74, 6) is 0.585. The van der Waals surface area contributed by atoms with Crippen LogP contribution in [0.3, 0.4) is 0 Å². The fourth-order valence-corrected chi connectivity index (χ4v) is 2.36. The maximum Gasteiger partial charge on any atom is 0.243 e. The van der Waals surface area contributed by atoms with Crippen LogP contribution in [0.4, 0.5) is 5.95 Å². The molecule has 0 spiro atoms. The molecule has 0 aliphatic rings. The summed E-state index contributed by atoms with van der Waals surface area (Å²) in [5, 5.41) is 8.13. The molecular weight excluding hydrogens is 328 g/mol. The highest BCUT2D eigenvalue weighted by Crippen LogP contribution is 2.14. The molecule has 3 aromatic rings. The Morgan fingerprint density at radius 1 is 1.26 bits per heavy atom. The van der Waals surface area contributed by atoms with Gasteiger partial charge in [-0.3, -0.25) is 0 Å². The fourth-order valence-electron chi connectivity index (χ4n) is 1.76. The van der Waals surface area contributed by atoms with Gasteiger partial charge < -0.3 is 5.32 Å². The van der Waals surface area contributed by atoms with Crippen LogP contribution < -0.4 is 5.32 Å². The first-order valence-corrected chi connectivity index (χ1v) is 6.88. The Morgan fingerprint density at radius 2 is 2.16 bits per heavy atom. The van der Waals surface area contributed by atoms with Crippen molar-refractivity contribution >= 4 is 39.1 Å². The molecule has 0 saturated heterocycles. The maximum absolute atomic E-state index is 5.90. The highest BCUT2D eigenvalue weighted by Gasteiger charge is 2.03. The number of rotatable bonds is 3. The Kier molecular flexibility index (Phi) is 3.40. The van der Waals surface area contributed by atoms with Gasteiger partial charge in [-0.05, 0) is 29.8 Å². The van der Waals surface area contributed by atoms with Crippen molar-refractivity contribution in [2.45, 2.75) is 6.54 Å². The monoisotopic (exact) mass is 336 g/mol. The van der Waals surface area contributed by atoms with Gasteiger partial charge in [-0.2, -0.15) is 4.98 Å². The Bertz CT molecular complexity index is 725. The molecule has 96 valence electrons. The van der Waals surface area contributed by atoms with Crippen LogP contribution in [0.25, 0.3) is 5.65 Å². The number of hydrogen-bond acceptors (Lipinski definition) is 3. The van der Waals surface area contributed by atoms with E-state index in [9.17, 15) is 0 Å². The summed E-state index contributed by atoms with van der Waals surface area (Å²) < 4.78 is 2.72. The normalized spacial score (nSPS) is 10.8. The van der Waals surface area contributed by atoms with Gasteiger partial charge in [0.15, 0.2) is 5.65 Å². The smallest absolute Gasteiger partial charge is 0.243 e. The van der Waals surface area contributed by atoms with Crippen molar-refractivity contribution in [2.75, 3.05) is 5.32 Å². The van der Waals surface area contributed by atoms with Gasteiger partial charge in [-0.15, -0.1) is 5.10 Å². The number of aromatic nitrogens is 3. The number of pyridine rings is 1. The van der Waals surface area contributed by atoms with Crippen molar-refractivity contribution in [3.63, 3.8) is 0 Å². The zero-order valence-corrected chi connectivity index (χ0v) is 12.2. The van der Waals surface area contributed by atoms with Crippen LogP contribution in [-0.2, 0) is 6.54 Å². The van der Waals surface area contributed by atoms with E-state index in [0.717, 1.165) is 15.7 Å². The quantitative estimate of drug-likeness (QED) is 0.791. The minimum atomic E-state index is 0.585. The van der Waals surface area contributed by atoms with Crippen molar-refractivity contribution in [1.82, 2.24) is 14.6 Å². The van der Waals surface area contributed by atoms with Gasteiger partial charge in [0.1, 0.15) is 0 Å². The van der Waals surface area contributed by atoms with Gasteiger partial charge in [-0.25, -0.2) is 4.52 Å². The minimum Gasteiger partial charge on any atom is -0.349 e. The van der Waals surface area contributed by atoms with Gasteiger partial charge >= 0.3 is 0 Å². The van der Waals surface area contributed by atoms with Crippen LogP contribution >= 0.6 is 27.5 Å². The summed E-state index contributed by atoms with van der Waals surface area (Å²) in [7, 11) is 0. The van der Waals surface area contributed by atoms with E-state index in [-0.39, 0.29) is 0 Å². The van der Waals surface area contributed by atoms with E-state index in [1.165, 1.54) is 0 Å². The third-order valence-electron chi connectivity index (χ3n) is 2.63. The zero-order valence-electron chi connectivity index (χ0n) is 9.85. The molecule has 0 saturated carbocycles. The highest BCUT2D eigenvalue weighted by molar-refractivity contribution is 9.10. The molecular formula is C13H10BrClN4. The number of hydrogen-bond donors (Lipinski definition) is 1. The average molecular weight is 338 g/mol. The SMILES string of the molecule is Clc1ccc2nc(NCc3cccc(Br)c3)nn2c1. The van der Waals surface area contributed by atoms with Crippen LogP contribution in [0.15, 0.2) is 47.1 Å². The average Bonchev–Trinajstić information content (AvgIpc) is 2.78. The minimum absolute atomic E-state index is 0.585. The molecule has 4 nitrogen and oxygen atoms in total. The number of fused-ring (bicyclic) bond motifs is 1. The van der Waals surface area contributed by atoms with Crippen LogP contribution in [0.2, 0.25) is 5.02 Å². The van der Waals surface area contributed by atoms with E-state index < -0.39 is 0 Å². The summed E-state index contributed by atoms with van der Waals surface area (Å²) in [4.78, 5) is 4.36. The predicted octanol–water partition coefficient (Wildman–Crippen LogP) is 3.76. The molecule has 2 heterocycles. The van der Waals surface area contributed by atoms with E-state index in [1.807, 2.05) is 24.3 Å². The molecule has 6 heteroatoms. The van der Waals surface area contributed by atoms with Gasteiger partial charge in [0.25, 0.3) is 0 Å². The van der Waals surface area contributed by atoms with Crippen LogP contribution in [-0.4, -0.2) is 14.6 Å². The molecule has 3 rings (SSSR count). The topological polar surface area (TPSA) is 42.2 Å². The van der Waals surface area contributed by atoms with E-state index >= 15 is 0 Å². The molecule has 0 radical (unpaired) electrons. The number of halogens is 2. The molecule has 2 aromatic heterocycles. The lowest BCUT2D eigenvalue weighted by Gasteiger charge is -2.02. The van der Waals surface area contributed by atoms with Crippen molar-refractivity contribution in [3.8, 4) is 0 Å². The van der Waals surface area contributed by atoms with E-state index in [4.69, 9.17) is 11.6 Å². The molecule has 0 aliphatic carbocycles. The Balaban J connectivity index is 1.78. The lowest BCUT2D eigenvalue weighted by atomic mass is 10.2. The first kappa shape index (κ1) is 12.4. The predicted molar refractivity (Wildman–Crippen MR) is 79.5 cm³/mol. The Morgan fingerprint density at radius 3 is 3.00 bits per heavy atom. The second-order valence-corrected chi connectivity index (χ2v) is 5.42. The summed E-state index contributed by atoms with van der Waals surface area (Å²) in [5.41, 5.74) is 1.92. The third kappa shape index (κ3) is 2.88. The van der Waals surface area contributed by atoms with Crippen molar-refractivity contribution in [1.29, 1.82) is 0 Å². The van der Waals surface area contributed by atoms with E-state index in [2.05, 4.69) is 37.4 Å². The lowest BCUT2D eigenvalue weighted by molar-refractivity contribution is 0.950. The molecule has 1 N–H and O–H groups in total. The van der Waals surface area contributed by atoms with Gasteiger partial charge in [-0.1, -0.05) is 39.7 Å². The molecule has 0 bridgehead atoms. The van der Waals surface area contributed by atoms with E-state index in [0.29, 0.717) is 17.5 Å². The van der Waals surface area contributed by atoms with E-state index in [1.54, 1.807) is 16.8 Å². The Hall–Kier alpha value is -1.59. The summed E-state index contributed by atoms with van der Waals surface area (Å²) >= 11 is 9.35. The van der Waals surface area contributed by atoms with Crippen molar-refractivity contribution < 1.29 is 0 Å². The summed E-state index contributed by atoms with van der Waals surface area (Å²) in [6, 6.07) is 11.7. The summed E-state index contributed by atoms with van der Waals surface area (Å²) in [6.07, 6.45) is 1.73. The molecule has 0 fully saturated rings. The maximum atomic E-state index is 5.90. The third-order valence-corrected chi connectivity index (χ3v) is 3.35. The van der Waals surface area contributed by atoms with Crippen molar-refractivity contribution in [3.05, 3.63) is 57.7 Å². The second kappa shape index (κ2) is 5.19. The molecule has 0 unspecified atom stereocenters. The Labute approximate surface area is 123 Å². The molecule has 0 atom stereocenters. The number of benzene rings is 1. The molecule has 19 heavy (non-hydrogen) atoms. The molecule has 0 aliphatic heterocycles. The fraction of sp³-hybridized carbons (Fsp3) is 0.0769. The standard InChI is InChI=1S/C13H10BrClN4/c14-10-3-1-2-9(6-10)7-16-13-17-12-5-4-11(15)8-19(12)18-13/h1-6,8H,7H2,(H,16,18). The van der Waals surface area contributed by atoms with Crippen LogP contribution in [0.1, 0.15) is 5.56 Å². The number of nitrogens with zero attached hydrogens (tertiary/aromatic N) is 3.